The predicted octanol–water partition coefficient (Wildman–Crippen LogP) is 11.2. The molecule has 2 unspecified atom stereocenters. The minimum absolute atomic E-state index is 0.155. The Labute approximate surface area is 257 Å². The van der Waals surface area contributed by atoms with Gasteiger partial charge in [0.05, 0.1) is 0 Å². The molecule has 0 bridgehead atoms. The Bertz CT molecular complexity index is 1720. The van der Waals surface area contributed by atoms with E-state index < -0.39 is 20.6 Å². The van der Waals surface area contributed by atoms with E-state index >= 15 is 0 Å². The molecule has 4 aromatic rings. The van der Waals surface area contributed by atoms with E-state index in [9.17, 15) is 0 Å². The molecule has 205 valence electrons. The second kappa shape index (κ2) is 10.4. The SMILES string of the molecule is CC1=Cc2c(-c3ccc(C(C)(C)C)cc3)cccc2[CH]1[Zr]([Cl])[CH]1C(C)=Cc2c1cc1c(c2-c2ccccc2)CCC1. The quantitative estimate of drug-likeness (QED) is 0.210. The molecular weight excluding hydrogens is 595 g/mol. The number of halogens is 1. The molecule has 0 spiro atoms. The number of rotatable bonds is 4. The van der Waals surface area contributed by atoms with Crippen LogP contribution in [0.2, 0.25) is 0 Å². The molecule has 0 amide bonds. The van der Waals surface area contributed by atoms with Crippen LogP contribution >= 0.6 is 8.51 Å². The number of hydrogen-bond donors (Lipinski definition) is 0. The molecule has 7 rings (SSSR count). The second-order valence-electron chi connectivity index (χ2n) is 13.3. The predicted molar refractivity (Wildman–Crippen MR) is 173 cm³/mol. The van der Waals surface area contributed by atoms with E-state index in [1.54, 1.807) is 11.1 Å². The van der Waals surface area contributed by atoms with Crippen LogP contribution in [0.15, 0.2) is 90.0 Å². The standard InChI is InChI=1S/C20H21.C19H17.ClH.Zr/c1-14-12-16-6-5-7-18(19(16)13-14)15-8-10-17(11-9-15)20(2,3)4;1-13-10-16-12-15-8-5-9-17(15)19(18(16)11-13)14-6-3-2-4-7-14;;/h5-13H,1-4H3;2-4,6-7,10-12H,5,8-9H2,1H3;1H;/q;;;+1/p-1. The van der Waals surface area contributed by atoms with Crippen molar-refractivity contribution in [2.45, 2.75) is 66.5 Å². The zero-order valence-corrected chi connectivity index (χ0v) is 28.0. The molecule has 2 heteroatoms. The first-order valence-corrected chi connectivity index (χ1v) is 21.1. The normalized spacial score (nSPS) is 19.0. The van der Waals surface area contributed by atoms with Crippen molar-refractivity contribution in [1.29, 1.82) is 0 Å². The molecule has 0 saturated heterocycles. The van der Waals surface area contributed by atoms with Crippen LogP contribution in [-0.2, 0) is 38.8 Å². The van der Waals surface area contributed by atoms with Crippen LogP contribution in [0.4, 0.5) is 0 Å². The molecule has 0 aliphatic heterocycles. The monoisotopic (exact) mass is 631 g/mol. The Morgan fingerprint density at radius 3 is 2.10 bits per heavy atom. The van der Waals surface area contributed by atoms with Crippen molar-refractivity contribution in [2.75, 3.05) is 0 Å². The van der Waals surface area contributed by atoms with Gasteiger partial charge in [0.25, 0.3) is 0 Å². The zero-order valence-electron chi connectivity index (χ0n) is 24.8. The van der Waals surface area contributed by atoms with Crippen LogP contribution in [0.3, 0.4) is 0 Å². The summed E-state index contributed by atoms with van der Waals surface area (Å²) in [6, 6.07) is 29.7. The third-order valence-corrected chi connectivity index (χ3v) is 18.6. The molecule has 4 aromatic carbocycles. The van der Waals surface area contributed by atoms with Gasteiger partial charge in [-0.2, -0.15) is 0 Å². The molecule has 0 heterocycles. The van der Waals surface area contributed by atoms with Crippen LogP contribution in [0, 0.1) is 0 Å². The van der Waals surface area contributed by atoms with Crippen LogP contribution in [-0.4, -0.2) is 0 Å². The summed E-state index contributed by atoms with van der Waals surface area (Å²) < 4.78 is 0.784. The zero-order chi connectivity index (χ0) is 28.5. The second-order valence-corrected chi connectivity index (χ2v) is 20.6. The van der Waals surface area contributed by atoms with Crippen LogP contribution < -0.4 is 0 Å². The molecule has 0 nitrogen and oxygen atoms in total. The molecule has 2 atom stereocenters. The van der Waals surface area contributed by atoms with E-state index in [0.29, 0.717) is 7.25 Å². The Morgan fingerprint density at radius 1 is 0.707 bits per heavy atom. The van der Waals surface area contributed by atoms with Gasteiger partial charge in [0.2, 0.25) is 0 Å². The van der Waals surface area contributed by atoms with Gasteiger partial charge in [-0.25, -0.2) is 0 Å². The number of hydrogen-bond acceptors (Lipinski definition) is 0. The summed E-state index contributed by atoms with van der Waals surface area (Å²) in [6.07, 6.45) is 8.58. The minimum atomic E-state index is -2.60. The summed E-state index contributed by atoms with van der Waals surface area (Å²) in [6.45, 7) is 11.5. The molecule has 3 aliphatic rings. The average molecular weight is 633 g/mol. The summed E-state index contributed by atoms with van der Waals surface area (Å²) in [4.78, 5) is 0. The Kier molecular flexibility index (Phi) is 6.92. The molecule has 41 heavy (non-hydrogen) atoms. The topological polar surface area (TPSA) is 0 Å². The van der Waals surface area contributed by atoms with Gasteiger partial charge < -0.3 is 0 Å². The third-order valence-electron chi connectivity index (χ3n) is 9.56. The summed E-state index contributed by atoms with van der Waals surface area (Å²) >= 11 is -2.60. The van der Waals surface area contributed by atoms with Gasteiger partial charge in [-0.3, -0.25) is 0 Å². The van der Waals surface area contributed by atoms with Crippen molar-refractivity contribution >= 4 is 20.7 Å². The van der Waals surface area contributed by atoms with Crippen molar-refractivity contribution in [3.8, 4) is 22.3 Å². The van der Waals surface area contributed by atoms with Crippen LogP contribution in [0.1, 0.15) is 87.2 Å². The first kappa shape index (κ1) is 27.4. The first-order chi connectivity index (χ1) is 19.7. The first-order valence-electron chi connectivity index (χ1n) is 15.1. The molecule has 0 fully saturated rings. The van der Waals surface area contributed by atoms with Gasteiger partial charge in [0.15, 0.2) is 0 Å². The van der Waals surface area contributed by atoms with E-state index in [2.05, 4.69) is 126 Å². The average Bonchev–Trinajstić information content (AvgIpc) is 3.65. The summed E-state index contributed by atoms with van der Waals surface area (Å²) in [5.41, 5.74) is 18.9. The molecule has 0 saturated carbocycles. The van der Waals surface area contributed by atoms with Crippen molar-refractivity contribution in [2.24, 2.45) is 0 Å². The van der Waals surface area contributed by atoms with Crippen LogP contribution in [0.25, 0.3) is 34.4 Å². The van der Waals surface area contributed by atoms with Crippen molar-refractivity contribution in [3.05, 3.63) is 129 Å². The fraction of sp³-hybridized carbons (Fsp3) is 0.282. The van der Waals surface area contributed by atoms with Gasteiger partial charge in [-0.05, 0) is 0 Å². The van der Waals surface area contributed by atoms with Gasteiger partial charge >= 0.3 is 259 Å². The molecule has 0 radical (unpaired) electrons. The van der Waals surface area contributed by atoms with Gasteiger partial charge in [-0.15, -0.1) is 0 Å². The number of fused-ring (bicyclic) bond motifs is 3. The molecule has 3 aliphatic carbocycles. The Balaban J connectivity index is 1.29. The third kappa shape index (κ3) is 4.60. The fourth-order valence-corrected chi connectivity index (χ4v) is 17.0. The molecule has 0 N–H and O–H groups in total. The number of allylic oxidation sites excluding steroid dienone is 2. The Hall–Kier alpha value is -2.47. The van der Waals surface area contributed by atoms with Crippen LogP contribution in [0.5, 0.6) is 0 Å². The molecule has 0 aromatic heterocycles. The summed E-state index contributed by atoms with van der Waals surface area (Å²) in [5, 5.41) is 0. The summed E-state index contributed by atoms with van der Waals surface area (Å²) in [5.74, 6) is 0. The van der Waals surface area contributed by atoms with E-state index in [-0.39, 0.29) is 5.41 Å². The van der Waals surface area contributed by atoms with E-state index in [1.165, 1.54) is 80.5 Å². The van der Waals surface area contributed by atoms with Crippen molar-refractivity contribution in [3.63, 3.8) is 0 Å². The van der Waals surface area contributed by atoms with Gasteiger partial charge in [0, 0.05) is 0 Å². The maximum atomic E-state index is 7.87. The van der Waals surface area contributed by atoms with Crippen molar-refractivity contribution < 1.29 is 20.6 Å². The number of benzene rings is 4. The number of aryl methyl sites for hydroxylation is 1. The van der Waals surface area contributed by atoms with E-state index in [4.69, 9.17) is 8.51 Å². The van der Waals surface area contributed by atoms with Gasteiger partial charge in [-0.1, -0.05) is 0 Å². The van der Waals surface area contributed by atoms with E-state index in [1.807, 2.05) is 0 Å². The fourth-order valence-electron chi connectivity index (χ4n) is 7.52. The van der Waals surface area contributed by atoms with Gasteiger partial charge in [0.1, 0.15) is 0 Å². The Morgan fingerprint density at radius 2 is 1.39 bits per heavy atom. The maximum absolute atomic E-state index is 7.87. The summed E-state index contributed by atoms with van der Waals surface area (Å²) in [7, 11) is 7.87. The van der Waals surface area contributed by atoms with Crippen molar-refractivity contribution in [1.82, 2.24) is 0 Å². The molecular formula is C39H38ClZr. The van der Waals surface area contributed by atoms with E-state index in [0.717, 1.165) is 0 Å².